The Kier molecular flexibility index (Phi) is 4.94. The fraction of sp³-hybridized carbons (Fsp3) is 0.714. The van der Waals surface area contributed by atoms with Crippen LogP contribution in [0.2, 0.25) is 0 Å². The molecule has 11 heavy (non-hydrogen) atoms. The normalized spacial score (nSPS) is 12.3. The van der Waals surface area contributed by atoms with Gasteiger partial charge in [0.1, 0.15) is 5.25 Å². The largest absolute Gasteiger partial charge is 0.465 e. The molecule has 0 aromatic rings. The van der Waals surface area contributed by atoms with E-state index in [0.29, 0.717) is 6.61 Å². The first-order valence-electron chi connectivity index (χ1n) is 3.41. The number of esters is 1. The minimum absolute atomic E-state index is 0.0643. The third-order valence-electron chi connectivity index (χ3n) is 0.961. The van der Waals surface area contributed by atoms with Crippen LogP contribution < -0.4 is 0 Å². The molecule has 0 spiro atoms. The van der Waals surface area contributed by atoms with E-state index in [1.54, 1.807) is 13.8 Å². The van der Waals surface area contributed by atoms with Crippen LogP contribution in [0.4, 0.5) is 0 Å². The van der Waals surface area contributed by atoms with Gasteiger partial charge in [0.25, 0.3) is 0 Å². The molecule has 64 valence electrons. The van der Waals surface area contributed by atoms with Gasteiger partial charge in [-0.2, -0.15) is 0 Å². The molecule has 0 unspecified atom stereocenters. The van der Waals surface area contributed by atoms with Crippen molar-refractivity contribution in [2.75, 3.05) is 6.61 Å². The highest BCUT2D eigenvalue weighted by Gasteiger charge is 2.15. The zero-order valence-corrected chi connectivity index (χ0v) is 7.73. The van der Waals surface area contributed by atoms with Gasteiger partial charge < -0.3 is 4.74 Å². The molecule has 0 aliphatic carbocycles. The Bertz CT molecular complexity index is 156. The maximum Gasteiger partial charge on any atom is 0.319 e. The quantitative estimate of drug-likeness (QED) is 0.606. The predicted molar refractivity (Wildman–Crippen MR) is 44.4 cm³/mol. The van der Waals surface area contributed by atoms with E-state index in [-0.39, 0.29) is 16.3 Å². The molecule has 0 aromatic carbocycles. The lowest BCUT2D eigenvalue weighted by atomic mass is 10.5. The fourth-order valence-corrected chi connectivity index (χ4v) is 1.22. The van der Waals surface area contributed by atoms with Crippen molar-refractivity contribution in [2.24, 2.45) is 0 Å². The second kappa shape index (κ2) is 5.18. The van der Waals surface area contributed by atoms with E-state index in [1.807, 2.05) is 0 Å². The lowest BCUT2D eigenvalue weighted by Crippen LogP contribution is -2.17. The second-order valence-corrected chi connectivity index (χ2v) is 3.52. The maximum absolute atomic E-state index is 10.9. The highest BCUT2D eigenvalue weighted by Crippen LogP contribution is 2.12. The molecule has 3 nitrogen and oxygen atoms in total. The van der Waals surface area contributed by atoms with Crippen molar-refractivity contribution in [3.05, 3.63) is 0 Å². The summed E-state index contributed by atoms with van der Waals surface area (Å²) in [4.78, 5) is 21.4. The van der Waals surface area contributed by atoms with E-state index >= 15 is 0 Å². The molecule has 4 heteroatoms. The van der Waals surface area contributed by atoms with Crippen molar-refractivity contribution in [1.29, 1.82) is 0 Å². The first kappa shape index (κ1) is 10.5. The second-order valence-electron chi connectivity index (χ2n) is 2.00. The molecule has 0 N–H and O–H groups in total. The predicted octanol–water partition coefficient (Wildman–Crippen LogP) is 1.22. The van der Waals surface area contributed by atoms with Crippen molar-refractivity contribution < 1.29 is 14.3 Å². The topological polar surface area (TPSA) is 43.4 Å². The van der Waals surface area contributed by atoms with Crippen LogP contribution >= 0.6 is 11.8 Å². The molecule has 0 saturated heterocycles. The highest BCUT2D eigenvalue weighted by atomic mass is 32.2. The van der Waals surface area contributed by atoms with E-state index in [0.717, 1.165) is 11.8 Å². The summed E-state index contributed by atoms with van der Waals surface area (Å²) in [5, 5.41) is -0.446. The summed E-state index contributed by atoms with van der Waals surface area (Å²) in [6, 6.07) is 0. The summed E-state index contributed by atoms with van der Waals surface area (Å²) in [5.74, 6) is -0.326. The number of hydrogen-bond donors (Lipinski definition) is 0. The van der Waals surface area contributed by atoms with Gasteiger partial charge in [0.05, 0.1) is 6.61 Å². The van der Waals surface area contributed by atoms with Gasteiger partial charge in [-0.25, -0.2) is 0 Å². The van der Waals surface area contributed by atoms with E-state index < -0.39 is 0 Å². The van der Waals surface area contributed by atoms with Gasteiger partial charge in [0.15, 0.2) is 5.12 Å². The molecule has 0 rings (SSSR count). The van der Waals surface area contributed by atoms with Crippen molar-refractivity contribution in [2.45, 2.75) is 26.0 Å². The summed E-state index contributed by atoms with van der Waals surface area (Å²) < 4.78 is 4.69. The van der Waals surface area contributed by atoms with Gasteiger partial charge in [-0.05, 0) is 13.8 Å². The van der Waals surface area contributed by atoms with Gasteiger partial charge >= 0.3 is 5.97 Å². The maximum atomic E-state index is 10.9. The van der Waals surface area contributed by atoms with E-state index in [4.69, 9.17) is 4.74 Å². The van der Waals surface area contributed by atoms with Crippen LogP contribution in [0.25, 0.3) is 0 Å². The first-order chi connectivity index (χ1) is 5.07. The average Bonchev–Trinajstić information content (AvgIpc) is 1.86. The van der Waals surface area contributed by atoms with E-state index in [2.05, 4.69) is 0 Å². The average molecular weight is 176 g/mol. The SMILES string of the molecule is CCOC(=O)[C@@H](C)SC(C)=O. The molecule has 0 aliphatic rings. The van der Waals surface area contributed by atoms with Crippen LogP contribution in [0.15, 0.2) is 0 Å². The van der Waals surface area contributed by atoms with Crippen LogP contribution in [0.5, 0.6) is 0 Å². The van der Waals surface area contributed by atoms with Crippen molar-refractivity contribution in [3.63, 3.8) is 0 Å². The van der Waals surface area contributed by atoms with E-state index in [1.165, 1.54) is 6.92 Å². The highest BCUT2D eigenvalue weighted by molar-refractivity contribution is 8.14. The molecule has 1 atom stereocenters. The molecule has 0 aromatic heterocycles. The van der Waals surface area contributed by atoms with Crippen molar-refractivity contribution >= 4 is 22.8 Å². The number of carbonyl (C=O) groups is 2. The van der Waals surface area contributed by atoms with Crippen molar-refractivity contribution in [1.82, 2.24) is 0 Å². The van der Waals surface area contributed by atoms with Crippen LogP contribution in [-0.4, -0.2) is 22.9 Å². The molecule has 0 amide bonds. The molecule has 0 radical (unpaired) electrons. The molecule has 0 fully saturated rings. The third kappa shape index (κ3) is 4.84. The molecular weight excluding hydrogens is 164 g/mol. The summed E-state index contributed by atoms with van der Waals surface area (Å²) in [5.41, 5.74) is 0. The zero-order chi connectivity index (χ0) is 8.85. The summed E-state index contributed by atoms with van der Waals surface area (Å²) in [6.07, 6.45) is 0. The molecule has 0 saturated carbocycles. The van der Waals surface area contributed by atoms with Crippen molar-refractivity contribution in [3.8, 4) is 0 Å². The number of rotatable bonds is 3. The number of hydrogen-bond acceptors (Lipinski definition) is 4. The summed E-state index contributed by atoms with van der Waals surface area (Å²) in [7, 11) is 0. The van der Waals surface area contributed by atoms with Gasteiger partial charge in [-0.1, -0.05) is 11.8 Å². The monoisotopic (exact) mass is 176 g/mol. The minimum Gasteiger partial charge on any atom is -0.465 e. The fourth-order valence-electron chi connectivity index (χ4n) is 0.557. The Hall–Kier alpha value is -0.510. The smallest absolute Gasteiger partial charge is 0.319 e. The Morgan fingerprint density at radius 2 is 2.09 bits per heavy atom. The van der Waals surface area contributed by atoms with Crippen LogP contribution in [-0.2, 0) is 14.3 Å². The molecular formula is C7H12O3S. The third-order valence-corrected chi connectivity index (χ3v) is 1.84. The molecule has 0 bridgehead atoms. The lowest BCUT2D eigenvalue weighted by molar-refractivity contribution is -0.142. The molecule has 0 aliphatic heterocycles. The number of carbonyl (C=O) groups excluding carboxylic acids is 2. The first-order valence-corrected chi connectivity index (χ1v) is 4.29. The summed E-state index contributed by atoms with van der Waals surface area (Å²) in [6.45, 7) is 5.19. The minimum atomic E-state index is -0.382. The Labute approximate surface area is 70.5 Å². The summed E-state index contributed by atoms with van der Waals surface area (Å²) >= 11 is 0.989. The zero-order valence-electron chi connectivity index (χ0n) is 6.92. The van der Waals surface area contributed by atoms with Crippen LogP contribution in [0, 0.1) is 0 Å². The van der Waals surface area contributed by atoms with Gasteiger partial charge in [0, 0.05) is 6.92 Å². The Balaban J connectivity index is 3.73. The van der Waals surface area contributed by atoms with Gasteiger partial charge in [-0.3, -0.25) is 9.59 Å². The number of ether oxygens (including phenoxy) is 1. The Morgan fingerprint density at radius 3 is 2.45 bits per heavy atom. The van der Waals surface area contributed by atoms with Gasteiger partial charge in [0.2, 0.25) is 0 Å². The van der Waals surface area contributed by atoms with E-state index in [9.17, 15) is 9.59 Å². The molecule has 0 heterocycles. The van der Waals surface area contributed by atoms with Gasteiger partial charge in [-0.15, -0.1) is 0 Å². The Morgan fingerprint density at radius 1 is 1.55 bits per heavy atom. The standard InChI is InChI=1S/C7H12O3S/c1-4-10-7(9)5(2)11-6(3)8/h5H,4H2,1-3H3/t5-/m1/s1. The van der Waals surface area contributed by atoms with Crippen LogP contribution in [0.3, 0.4) is 0 Å². The van der Waals surface area contributed by atoms with Crippen LogP contribution in [0.1, 0.15) is 20.8 Å². The lowest BCUT2D eigenvalue weighted by Gasteiger charge is -2.06. The number of thioether (sulfide) groups is 1.